The van der Waals surface area contributed by atoms with Crippen molar-refractivity contribution in [2.45, 2.75) is 13.8 Å². The number of hydrogen-bond donors (Lipinski definition) is 0. The van der Waals surface area contributed by atoms with Gasteiger partial charge in [-0.15, -0.1) is 0 Å². The Morgan fingerprint density at radius 3 is 1.25 bits per heavy atom. The molecule has 0 saturated heterocycles. The lowest BCUT2D eigenvalue weighted by atomic mass is 10.1. The molecule has 4 nitrogen and oxygen atoms in total. The maximum absolute atomic E-state index is 12.1. The van der Waals surface area contributed by atoms with Crippen LogP contribution in [-0.4, -0.2) is 0 Å². The Morgan fingerprint density at radius 1 is 0.472 bits per heavy atom. The molecule has 0 saturated carbocycles. The van der Waals surface area contributed by atoms with Crippen molar-refractivity contribution >= 4 is 21.9 Å². The first kappa shape index (κ1) is 23.1. The lowest BCUT2D eigenvalue weighted by Gasteiger charge is -2.03. The summed E-state index contributed by atoms with van der Waals surface area (Å²) >= 11 is 0. The number of fused-ring (bicyclic) bond motifs is 2. The topological polar surface area (TPSA) is 60.4 Å². The summed E-state index contributed by atoms with van der Waals surface area (Å²) in [5, 5.41) is 1.27. The molecule has 0 N–H and O–H groups in total. The fourth-order valence-electron chi connectivity index (χ4n) is 4.03. The fraction of sp³-hybridized carbons (Fsp3) is 0.0625. The molecule has 2 heterocycles. The minimum absolute atomic E-state index is 0.00111. The monoisotopic (exact) mass is 472 g/mol. The lowest BCUT2D eigenvalue weighted by molar-refractivity contribution is 0.618. The smallest absolute Gasteiger partial charge is 0.193 e. The van der Waals surface area contributed by atoms with Gasteiger partial charge in [0.25, 0.3) is 0 Å². The Kier molecular flexibility index (Phi) is 6.33. The Balaban J connectivity index is 0.000000148. The number of aryl methyl sites for hydroxylation is 2. The van der Waals surface area contributed by atoms with E-state index in [1.54, 1.807) is 12.1 Å². The van der Waals surface area contributed by atoms with Gasteiger partial charge >= 0.3 is 0 Å². The molecule has 0 aliphatic carbocycles. The first-order valence-electron chi connectivity index (χ1n) is 11.7. The Bertz CT molecular complexity index is 1640. The zero-order valence-corrected chi connectivity index (χ0v) is 20.0. The number of rotatable bonds is 2. The third kappa shape index (κ3) is 4.89. The van der Waals surface area contributed by atoms with E-state index in [0.29, 0.717) is 33.5 Å². The molecule has 6 rings (SSSR count). The summed E-state index contributed by atoms with van der Waals surface area (Å²) < 4.78 is 11.6. The second kappa shape index (κ2) is 9.88. The predicted octanol–water partition coefficient (Wildman–Crippen LogP) is 7.54. The molecule has 0 unspecified atom stereocenters. The maximum Gasteiger partial charge on any atom is 0.193 e. The van der Waals surface area contributed by atoms with Gasteiger partial charge in [-0.1, -0.05) is 83.9 Å². The van der Waals surface area contributed by atoms with Crippen molar-refractivity contribution in [3.05, 3.63) is 141 Å². The second-order valence-corrected chi connectivity index (χ2v) is 8.68. The second-order valence-electron chi connectivity index (χ2n) is 8.68. The van der Waals surface area contributed by atoms with E-state index in [2.05, 4.69) is 0 Å². The summed E-state index contributed by atoms with van der Waals surface area (Å²) in [5.41, 5.74) is 5.20. The van der Waals surface area contributed by atoms with Crippen molar-refractivity contribution in [2.24, 2.45) is 0 Å². The summed E-state index contributed by atoms with van der Waals surface area (Å²) in [4.78, 5) is 24.1. The van der Waals surface area contributed by atoms with Gasteiger partial charge < -0.3 is 8.83 Å². The van der Waals surface area contributed by atoms with Gasteiger partial charge in [0, 0.05) is 23.3 Å². The summed E-state index contributed by atoms with van der Waals surface area (Å²) in [6, 6.07) is 33.7. The SMILES string of the molecule is Cc1ccc2oc(-c3ccccc3)cc(=O)c2c1.Cc1ccc2oc(-c3ccccc3)cc(=O)c2c1. The molecule has 0 radical (unpaired) electrons. The normalized spacial score (nSPS) is 10.7. The van der Waals surface area contributed by atoms with E-state index in [4.69, 9.17) is 8.83 Å². The van der Waals surface area contributed by atoms with Gasteiger partial charge in [0.2, 0.25) is 0 Å². The fourth-order valence-corrected chi connectivity index (χ4v) is 4.03. The average molecular weight is 473 g/mol. The first-order chi connectivity index (χ1) is 17.5. The van der Waals surface area contributed by atoms with E-state index in [0.717, 1.165) is 22.3 Å². The molecular formula is C32H24O4. The van der Waals surface area contributed by atoms with E-state index in [9.17, 15) is 9.59 Å². The van der Waals surface area contributed by atoms with Gasteiger partial charge in [-0.2, -0.15) is 0 Å². The Hall–Kier alpha value is -4.70. The summed E-state index contributed by atoms with van der Waals surface area (Å²) in [6.45, 7) is 3.92. The van der Waals surface area contributed by atoms with Crippen LogP contribution in [0.25, 0.3) is 44.6 Å². The van der Waals surface area contributed by atoms with Gasteiger partial charge in [0.1, 0.15) is 22.7 Å². The third-order valence-corrected chi connectivity index (χ3v) is 5.88. The minimum atomic E-state index is -0.00111. The lowest BCUT2D eigenvalue weighted by Crippen LogP contribution is -2.00. The molecule has 0 bridgehead atoms. The quantitative estimate of drug-likeness (QED) is 0.261. The van der Waals surface area contributed by atoms with E-state index < -0.39 is 0 Å². The highest BCUT2D eigenvalue weighted by molar-refractivity contribution is 5.80. The van der Waals surface area contributed by atoms with Crippen LogP contribution >= 0.6 is 0 Å². The van der Waals surface area contributed by atoms with Crippen LogP contribution in [-0.2, 0) is 0 Å². The number of hydrogen-bond acceptors (Lipinski definition) is 4. The van der Waals surface area contributed by atoms with Gasteiger partial charge in [-0.05, 0) is 38.1 Å². The van der Waals surface area contributed by atoms with E-state index in [1.807, 2.05) is 111 Å². The van der Waals surface area contributed by atoms with Crippen LogP contribution in [0.15, 0.2) is 128 Å². The molecule has 6 aromatic rings. The molecule has 0 aliphatic rings. The largest absolute Gasteiger partial charge is 0.456 e. The van der Waals surface area contributed by atoms with Crippen LogP contribution in [0.2, 0.25) is 0 Å². The summed E-state index contributed by atoms with van der Waals surface area (Å²) in [7, 11) is 0. The predicted molar refractivity (Wildman–Crippen MR) is 145 cm³/mol. The van der Waals surface area contributed by atoms with Gasteiger partial charge in [0.15, 0.2) is 10.9 Å². The third-order valence-electron chi connectivity index (χ3n) is 5.88. The molecule has 36 heavy (non-hydrogen) atoms. The standard InChI is InChI=1S/2C16H12O2/c2*1-11-7-8-15-13(9-11)14(17)10-16(18-15)12-5-3-2-4-6-12/h2*2-10H,1H3. The van der Waals surface area contributed by atoms with Crippen molar-refractivity contribution in [3.8, 4) is 22.6 Å². The van der Waals surface area contributed by atoms with Crippen LogP contribution in [0.5, 0.6) is 0 Å². The summed E-state index contributed by atoms with van der Waals surface area (Å²) in [6.07, 6.45) is 0. The van der Waals surface area contributed by atoms with Crippen molar-refractivity contribution in [1.82, 2.24) is 0 Å². The van der Waals surface area contributed by atoms with Crippen LogP contribution in [0.1, 0.15) is 11.1 Å². The highest BCUT2D eigenvalue weighted by Gasteiger charge is 2.07. The van der Waals surface area contributed by atoms with Crippen molar-refractivity contribution in [1.29, 1.82) is 0 Å². The molecule has 0 fully saturated rings. The van der Waals surface area contributed by atoms with Gasteiger partial charge in [0.05, 0.1) is 10.8 Å². The van der Waals surface area contributed by atoms with Crippen molar-refractivity contribution in [2.75, 3.05) is 0 Å². The van der Waals surface area contributed by atoms with Crippen LogP contribution in [0.4, 0.5) is 0 Å². The molecule has 4 heteroatoms. The van der Waals surface area contributed by atoms with Crippen LogP contribution in [0.3, 0.4) is 0 Å². The zero-order chi connectivity index (χ0) is 25.1. The molecule has 0 amide bonds. The van der Waals surface area contributed by atoms with Crippen molar-refractivity contribution < 1.29 is 8.83 Å². The van der Waals surface area contributed by atoms with E-state index in [1.165, 1.54) is 0 Å². The van der Waals surface area contributed by atoms with Crippen LogP contribution in [0, 0.1) is 13.8 Å². The number of benzene rings is 4. The zero-order valence-electron chi connectivity index (χ0n) is 20.0. The van der Waals surface area contributed by atoms with Gasteiger partial charge in [-0.25, -0.2) is 0 Å². The summed E-state index contributed by atoms with van der Waals surface area (Å²) in [5.74, 6) is 1.22. The van der Waals surface area contributed by atoms with E-state index >= 15 is 0 Å². The van der Waals surface area contributed by atoms with Crippen molar-refractivity contribution in [3.63, 3.8) is 0 Å². The Labute approximate surface area is 208 Å². The maximum atomic E-state index is 12.1. The minimum Gasteiger partial charge on any atom is -0.456 e. The molecule has 4 aromatic carbocycles. The highest BCUT2D eigenvalue weighted by atomic mass is 16.3. The molecular weight excluding hydrogens is 448 g/mol. The molecule has 2 aromatic heterocycles. The molecule has 176 valence electrons. The first-order valence-corrected chi connectivity index (χ1v) is 11.7. The molecule has 0 atom stereocenters. The van der Waals surface area contributed by atoms with Crippen LogP contribution < -0.4 is 10.9 Å². The highest BCUT2D eigenvalue weighted by Crippen LogP contribution is 2.23. The van der Waals surface area contributed by atoms with Gasteiger partial charge in [-0.3, -0.25) is 9.59 Å². The average Bonchev–Trinajstić information content (AvgIpc) is 2.91. The molecule has 0 spiro atoms. The molecule has 0 aliphatic heterocycles. The van der Waals surface area contributed by atoms with E-state index in [-0.39, 0.29) is 10.9 Å². The Morgan fingerprint density at radius 2 is 0.861 bits per heavy atom.